The van der Waals surface area contributed by atoms with Crippen LogP contribution in [0.25, 0.3) is 0 Å². The Balaban J connectivity index is 2.47. The molecule has 0 bridgehead atoms. The lowest BCUT2D eigenvalue weighted by atomic mass is 9.99. The zero-order chi connectivity index (χ0) is 15.0. The van der Waals surface area contributed by atoms with Crippen molar-refractivity contribution in [3.63, 3.8) is 0 Å². The van der Waals surface area contributed by atoms with E-state index in [0.29, 0.717) is 18.2 Å². The van der Waals surface area contributed by atoms with Gasteiger partial charge >= 0.3 is 0 Å². The molecule has 1 unspecified atom stereocenters. The predicted molar refractivity (Wildman–Crippen MR) is 81.4 cm³/mol. The van der Waals surface area contributed by atoms with Crippen LogP contribution < -0.4 is 16.6 Å². The molecule has 112 valence electrons. The maximum atomic E-state index is 11.9. The standard InChI is InChI=1S/C15H25N3O2/c1-3-5-6-12(4-2)9-17-14(19)11-18-10-13(16)7-8-15(18)20/h7-8,10,12H,3-6,9,11,16H2,1-2H3,(H,17,19). The third-order valence-electron chi connectivity index (χ3n) is 3.45. The summed E-state index contributed by atoms with van der Waals surface area (Å²) in [6.07, 6.45) is 6.03. The average molecular weight is 279 g/mol. The summed E-state index contributed by atoms with van der Waals surface area (Å²) in [7, 11) is 0. The Morgan fingerprint density at radius 1 is 1.40 bits per heavy atom. The smallest absolute Gasteiger partial charge is 0.251 e. The summed E-state index contributed by atoms with van der Waals surface area (Å²) in [5.74, 6) is 0.365. The fraction of sp³-hybridized carbons (Fsp3) is 0.600. The van der Waals surface area contributed by atoms with Crippen molar-refractivity contribution in [2.75, 3.05) is 12.3 Å². The van der Waals surface area contributed by atoms with Crippen molar-refractivity contribution in [2.24, 2.45) is 5.92 Å². The number of nitrogens with two attached hydrogens (primary N) is 1. The maximum Gasteiger partial charge on any atom is 0.251 e. The van der Waals surface area contributed by atoms with Gasteiger partial charge in [-0.1, -0.05) is 33.1 Å². The van der Waals surface area contributed by atoms with Crippen molar-refractivity contribution in [3.8, 4) is 0 Å². The molecule has 1 rings (SSSR count). The first-order valence-electron chi connectivity index (χ1n) is 7.29. The molecule has 1 heterocycles. The molecule has 1 aromatic heterocycles. The van der Waals surface area contributed by atoms with Crippen LogP contribution in [-0.4, -0.2) is 17.0 Å². The van der Waals surface area contributed by atoms with Crippen LogP contribution in [0.5, 0.6) is 0 Å². The highest BCUT2D eigenvalue weighted by molar-refractivity contribution is 5.75. The van der Waals surface area contributed by atoms with Gasteiger partial charge in [0.1, 0.15) is 6.54 Å². The Kier molecular flexibility index (Phi) is 6.84. The number of nitrogens with one attached hydrogen (secondary N) is 1. The van der Waals surface area contributed by atoms with Crippen LogP contribution in [0.4, 0.5) is 5.69 Å². The van der Waals surface area contributed by atoms with Crippen molar-refractivity contribution in [2.45, 2.75) is 46.1 Å². The Morgan fingerprint density at radius 2 is 2.15 bits per heavy atom. The maximum absolute atomic E-state index is 11.9. The minimum atomic E-state index is -0.215. The molecule has 0 aliphatic heterocycles. The van der Waals surface area contributed by atoms with E-state index in [1.54, 1.807) is 0 Å². The second-order valence-electron chi connectivity index (χ2n) is 5.15. The van der Waals surface area contributed by atoms with E-state index >= 15 is 0 Å². The van der Waals surface area contributed by atoms with Crippen molar-refractivity contribution in [1.29, 1.82) is 0 Å². The molecule has 5 nitrogen and oxygen atoms in total. The SMILES string of the molecule is CCCCC(CC)CNC(=O)Cn1cc(N)ccc1=O. The highest BCUT2D eigenvalue weighted by Gasteiger charge is 2.09. The van der Waals surface area contributed by atoms with Crippen molar-refractivity contribution < 1.29 is 4.79 Å². The van der Waals surface area contributed by atoms with Crippen LogP contribution in [0, 0.1) is 5.92 Å². The Hall–Kier alpha value is -1.78. The van der Waals surface area contributed by atoms with Gasteiger partial charge < -0.3 is 15.6 Å². The van der Waals surface area contributed by atoms with E-state index in [4.69, 9.17) is 5.73 Å². The Bertz CT molecular complexity index is 482. The molecule has 0 fully saturated rings. The highest BCUT2D eigenvalue weighted by atomic mass is 16.2. The molecule has 5 heteroatoms. The summed E-state index contributed by atoms with van der Waals surface area (Å²) in [6, 6.07) is 2.91. The lowest BCUT2D eigenvalue weighted by Crippen LogP contribution is -2.34. The third kappa shape index (κ3) is 5.47. The fourth-order valence-corrected chi connectivity index (χ4v) is 2.09. The quantitative estimate of drug-likeness (QED) is 0.761. The van der Waals surface area contributed by atoms with Gasteiger partial charge in [0.05, 0.1) is 0 Å². The van der Waals surface area contributed by atoms with Gasteiger partial charge in [-0.25, -0.2) is 0 Å². The van der Waals surface area contributed by atoms with E-state index in [-0.39, 0.29) is 18.0 Å². The molecular formula is C15H25N3O2. The van der Waals surface area contributed by atoms with Crippen LogP contribution in [0.2, 0.25) is 0 Å². The van der Waals surface area contributed by atoms with E-state index in [2.05, 4.69) is 19.2 Å². The number of hydrogen-bond acceptors (Lipinski definition) is 3. The second kappa shape index (κ2) is 8.40. The monoisotopic (exact) mass is 279 g/mol. The number of anilines is 1. The van der Waals surface area contributed by atoms with E-state index in [9.17, 15) is 9.59 Å². The van der Waals surface area contributed by atoms with E-state index < -0.39 is 0 Å². The number of carbonyl (C=O) groups is 1. The summed E-state index contributed by atoms with van der Waals surface area (Å²) in [5, 5.41) is 2.90. The van der Waals surface area contributed by atoms with Crippen LogP contribution in [0.3, 0.4) is 0 Å². The Morgan fingerprint density at radius 3 is 2.80 bits per heavy atom. The van der Waals surface area contributed by atoms with Crippen LogP contribution in [-0.2, 0) is 11.3 Å². The van der Waals surface area contributed by atoms with Gasteiger partial charge in [0.25, 0.3) is 5.56 Å². The van der Waals surface area contributed by atoms with Gasteiger partial charge in [-0.3, -0.25) is 9.59 Å². The average Bonchev–Trinajstić information content (AvgIpc) is 2.43. The molecule has 0 aliphatic rings. The molecule has 1 atom stereocenters. The number of aromatic nitrogens is 1. The normalized spacial score (nSPS) is 12.1. The van der Waals surface area contributed by atoms with Crippen molar-refractivity contribution in [1.82, 2.24) is 9.88 Å². The lowest BCUT2D eigenvalue weighted by Gasteiger charge is -2.15. The minimum Gasteiger partial charge on any atom is -0.398 e. The van der Waals surface area contributed by atoms with Gasteiger partial charge in [0.15, 0.2) is 0 Å². The topological polar surface area (TPSA) is 77.1 Å². The minimum absolute atomic E-state index is 0.0219. The highest BCUT2D eigenvalue weighted by Crippen LogP contribution is 2.11. The lowest BCUT2D eigenvalue weighted by molar-refractivity contribution is -0.121. The van der Waals surface area contributed by atoms with Crippen molar-refractivity contribution >= 4 is 11.6 Å². The molecule has 0 aliphatic carbocycles. The van der Waals surface area contributed by atoms with E-state index in [1.165, 1.54) is 35.7 Å². The number of amides is 1. The third-order valence-corrected chi connectivity index (χ3v) is 3.45. The summed E-state index contributed by atoms with van der Waals surface area (Å²) in [6.45, 7) is 4.99. The molecule has 3 N–H and O–H groups in total. The summed E-state index contributed by atoms with van der Waals surface area (Å²) in [5.41, 5.74) is 5.87. The molecule has 1 amide bonds. The van der Waals surface area contributed by atoms with Gasteiger partial charge in [-0.15, -0.1) is 0 Å². The second-order valence-corrected chi connectivity index (χ2v) is 5.15. The number of hydrogen-bond donors (Lipinski definition) is 2. The van der Waals surface area contributed by atoms with Gasteiger partial charge in [-0.05, 0) is 18.4 Å². The molecular weight excluding hydrogens is 254 g/mol. The molecule has 0 radical (unpaired) electrons. The number of nitrogens with zero attached hydrogens (tertiary/aromatic N) is 1. The van der Waals surface area contributed by atoms with Gasteiger partial charge in [0.2, 0.25) is 5.91 Å². The van der Waals surface area contributed by atoms with Crippen LogP contribution in [0.1, 0.15) is 39.5 Å². The van der Waals surface area contributed by atoms with Crippen LogP contribution in [0.15, 0.2) is 23.1 Å². The number of unbranched alkanes of at least 4 members (excludes halogenated alkanes) is 1. The largest absolute Gasteiger partial charge is 0.398 e. The number of nitrogen functional groups attached to an aromatic ring is 1. The predicted octanol–water partition coefficient (Wildman–Crippen LogP) is 1.76. The molecule has 0 aromatic carbocycles. The van der Waals surface area contributed by atoms with Crippen molar-refractivity contribution in [3.05, 3.63) is 28.7 Å². The molecule has 1 aromatic rings. The number of pyridine rings is 1. The zero-order valence-corrected chi connectivity index (χ0v) is 12.4. The first kappa shape index (κ1) is 16.3. The molecule has 20 heavy (non-hydrogen) atoms. The molecule has 0 spiro atoms. The summed E-state index contributed by atoms with van der Waals surface area (Å²) in [4.78, 5) is 23.4. The fourth-order valence-electron chi connectivity index (χ4n) is 2.09. The first-order chi connectivity index (χ1) is 9.56. The summed E-state index contributed by atoms with van der Waals surface area (Å²) < 4.78 is 1.33. The number of rotatable bonds is 8. The van der Waals surface area contributed by atoms with E-state index in [0.717, 1.165) is 12.8 Å². The van der Waals surface area contributed by atoms with Gasteiger partial charge in [0, 0.05) is 24.5 Å². The van der Waals surface area contributed by atoms with Crippen LogP contribution >= 0.6 is 0 Å². The molecule has 0 saturated heterocycles. The summed E-state index contributed by atoms with van der Waals surface area (Å²) >= 11 is 0. The zero-order valence-electron chi connectivity index (χ0n) is 12.4. The van der Waals surface area contributed by atoms with Gasteiger partial charge in [-0.2, -0.15) is 0 Å². The number of carbonyl (C=O) groups excluding carboxylic acids is 1. The Labute approximate surface area is 120 Å². The van der Waals surface area contributed by atoms with E-state index in [1.807, 2.05) is 0 Å². The molecule has 0 saturated carbocycles. The first-order valence-corrected chi connectivity index (χ1v) is 7.29.